The molecule has 9 nitrogen and oxygen atoms in total. The standard InChI is InChI=1S/C24H37N3O6/c1-5-17-31-21(28)20(25-15-16-27-23(30)33-24(2,3)4)13-9-10-14-26-22(29)32-18-19-11-7-6-8-12-19/h5-8,11-12,20,25H,1,9-10,13-18H2,2-4H3,(H,26,29)(H,27,30)/t20-/m1/s1. The first-order chi connectivity index (χ1) is 15.7. The third kappa shape index (κ3) is 14.6. The number of nitrogens with one attached hydrogen (secondary N) is 3. The van der Waals surface area contributed by atoms with Crippen LogP contribution in [0.3, 0.4) is 0 Å². The number of hydrogen-bond acceptors (Lipinski definition) is 7. The first-order valence-electron chi connectivity index (χ1n) is 11.1. The van der Waals surface area contributed by atoms with Crippen molar-refractivity contribution in [2.75, 3.05) is 26.2 Å². The molecule has 0 aliphatic carbocycles. The summed E-state index contributed by atoms with van der Waals surface area (Å²) >= 11 is 0. The molecule has 33 heavy (non-hydrogen) atoms. The van der Waals surface area contributed by atoms with E-state index in [4.69, 9.17) is 14.2 Å². The SMILES string of the molecule is C=CCOC(=O)[C@@H](CCCCNC(=O)OCc1ccccc1)NCCNC(=O)OC(C)(C)C. The molecule has 0 fully saturated rings. The Bertz CT molecular complexity index is 733. The van der Waals surface area contributed by atoms with Crippen molar-refractivity contribution < 1.29 is 28.6 Å². The topological polar surface area (TPSA) is 115 Å². The smallest absolute Gasteiger partial charge is 0.407 e. The van der Waals surface area contributed by atoms with Crippen molar-refractivity contribution in [2.45, 2.75) is 58.3 Å². The molecular weight excluding hydrogens is 426 g/mol. The van der Waals surface area contributed by atoms with Gasteiger partial charge < -0.3 is 30.2 Å². The summed E-state index contributed by atoms with van der Waals surface area (Å²) in [6.45, 7) is 10.3. The number of rotatable bonds is 14. The molecule has 0 radical (unpaired) electrons. The number of hydrogen-bond donors (Lipinski definition) is 3. The quantitative estimate of drug-likeness (QED) is 0.168. The summed E-state index contributed by atoms with van der Waals surface area (Å²) < 4.78 is 15.5. The van der Waals surface area contributed by atoms with Crippen LogP contribution in [-0.4, -0.2) is 56.0 Å². The summed E-state index contributed by atoms with van der Waals surface area (Å²) in [6, 6.07) is 8.90. The highest BCUT2D eigenvalue weighted by Crippen LogP contribution is 2.06. The van der Waals surface area contributed by atoms with Crippen LogP contribution in [0.2, 0.25) is 0 Å². The van der Waals surface area contributed by atoms with Crippen molar-refractivity contribution in [1.29, 1.82) is 0 Å². The maximum Gasteiger partial charge on any atom is 0.407 e. The minimum atomic E-state index is -0.573. The second kappa shape index (κ2) is 15.7. The van der Waals surface area contributed by atoms with Crippen molar-refractivity contribution in [3.05, 3.63) is 48.6 Å². The van der Waals surface area contributed by atoms with Gasteiger partial charge in [0.25, 0.3) is 0 Å². The molecule has 184 valence electrons. The number of ether oxygens (including phenoxy) is 3. The number of alkyl carbamates (subject to hydrolysis) is 2. The van der Waals surface area contributed by atoms with Crippen molar-refractivity contribution in [3.63, 3.8) is 0 Å². The first-order valence-corrected chi connectivity index (χ1v) is 11.1. The molecule has 2 amide bonds. The maximum atomic E-state index is 12.3. The van der Waals surface area contributed by atoms with Crippen LogP contribution in [0.15, 0.2) is 43.0 Å². The lowest BCUT2D eigenvalue weighted by atomic mass is 10.1. The van der Waals surface area contributed by atoms with E-state index in [1.165, 1.54) is 6.08 Å². The second-order valence-electron chi connectivity index (χ2n) is 8.34. The van der Waals surface area contributed by atoms with E-state index in [0.717, 1.165) is 5.56 Å². The predicted molar refractivity (Wildman–Crippen MR) is 126 cm³/mol. The molecule has 0 saturated carbocycles. The Morgan fingerprint density at radius 3 is 2.33 bits per heavy atom. The van der Waals surface area contributed by atoms with Crippen LogP contribution in [0.25, 0.3) is 0 Å². The molecule has 1 atom stereocenters. The number of amides is 2. The monoisotopic (exact) mass is 463 g/mol. The Kier molecular flexibility index (Phi) is 13.3. The van der Waals surface area contributed by atoms with Gasteiger partial charge in [-0.2, -0.15) is 0 Å². The molecular formula is C24H37N3O6. The van der Waals surface area contributed by atoms with E-state index in [-0.39, 0.29) is 19.2 Å². The lowest BCUT2D eigenvalue weighted by Crippen LogP contribution is -2.43. The van der Waals surface area contributed by atoms with Gasteiger partial charge in [-0.05, 0) is 45.6 Å². The average molecular weight is 464 g/mol. The lowest BCUT2D eigenvalue weighted by molar-refractivity contribution is -0.145. The molecule has 0 aromatic heterocycles. The van der Waals surface area contributed by atoms with E-state index in [1.54, 1.807) is 20.8 Å². The largest absolute Gasteiger partial charge is 0.460 e. The van der Waals surface area contributed by atoms with Gasteiger partial charge in [0.2, 0.25) is 0 Å². The van der Waals surface area contributed by atoms with Crippen LogP contribution in [-0.2, 0) is 25.6 Å². The molecule has 1 aromatic carbocycles. The highest BCUT2D eigenvalue weighted by atomic mass is 16.6. The molecule has 0 spiro atoms. The zero-order valence-corrected chi connectivity index (χ0v) is 19.9. The van der Waals surface area contributed by atoms with Gasteiger partial charge in [-0.15, -0.1) is 0 Å². The van der Waals surface area contributed by atoms with E-state index in [2.05, 4.69) is 22.5 Å². The molecule has 0 bridgehead atoms. The fraction of sp³-hybridized carbons (Fsp3) is 0.542. The zero-order chi connectivity index (χ0) is 24.5. The van der Waals surface area contributed by atoms with Gasteiger partial charge >= 0.3 is 18.2 Å². The van der Waals surface area contributed by atoms with Gasteiger partial charge in [-0.3, -0.25) is 4.79 Å². The van der Waals surface area contributed by atoms with Gasteiger partial charge in [0.05, 0.1) is 0 Å². The van der Waals surface area contributed by atoms with Gasteiger partial charge in [0.15, 0.2) is 0 Å². The van der Waals surface area contributed by atoms with Crippen LogP contribution < -0.4 is 16.0 Å². The number of carbonyl (C=O) groups is 3. The predicted octanol–water partition coefficient (Wildman–Crippen LogP) is 3.30. The van der Waals surface area contributed by atoms with Gasteiger partial charge in [-0.1, -0.05) is 43.0 Å². The summed E-state index contributed by atoms with van der Waals surface area (Å²) in [6.07, 6.45) is 2.38. The fourth-order valence-corrected chi connectivity index (χ4v) is 2.71. The third-order valence-corrected chi connectivity index (χ3v) is 4.21. The highest BCUT2D eigenvalue weighted by molar-refractivity contribution is 5.75. The van der Waals surface area contributed by atoms with Gasteiger partial charge in [0, 0.05) is 19.6 Å². The summed E-state index contributed by atoms with van der Waals surface area (Å²) in [5, 5.41) is 8.43. The Hall–Kier alpha value is -3.07. The molecule has 0 saturated heterocycles. The first kappa shape index (κ1) is 28.0. The van der Waals surface area contributed by atoms with E-state index in [0.29, 0.717) is 38.9 Å². The number of unbranched alkanes of at least 4 members (excludes halogenated alkanes) is 1. The second-order valence-corrected chi connectivity index (χ2v) is 8.34. The van der Waals surface area contributed by atoms with Crippen molar-refractivity contribution in [3.8, 4) is 0 Å². The number of benzene rings is 1. The molecule has 1 aromatic rings. The zero-order valence-electron chi connectivity index (χ0n) is 19.9. The molecule has 9 heteroatoms. The van der Waals surface area contributed by atoms with Gasteiger partial charge in [-0.25, -0.2) is 9.59 Å². The molecule has 1 rings (SSSR count). The molecule has 0 heterocycles. The Morgan fingerprint density at radius 1 is 0.970 bits per heavy atom. The summed E-state index contributed by atoms with van der Waals surface area (Å²) in [7, 11) is 0. The minimum absolute atomic E-state index is 0.127. The fourth-order valence-electron chi connectivity index (χ4n) is 2.71. The molecule has 0 aliphatic rings. The average Bonchev–Trinajstić information content (AvgIpc) is 2.76. The van der Waals surface area contributed by atoms with Crippen molar-refractivity contribution in [1.82, 2.24) is 16.0 Å². The van der Waals surface area contributed by atoms with Crippen LogP contribution in [0.4, 0.5) is 9.59 Å². The Morgan fingerprint density at radius 2 is 1.67 bits per heavy atom. The third-order valence-electron chi connectivity index (χ3n) is 4.21. The number of carbonyl (C=O) groups excluding carboxylic acids is 3. The molecule has 3 N–H and O–H groups in total. The summed E-state index contributed by atoms with van der Waals surface area (Å²) in [5.41, 5.74) is 0.345. The van der Waals surface area contributed by atoms with Crippen molar-refractivity contribution >= 4 is 18.2 Å². The molecule has 0 unspecified atom stereocenters. The summed E-state index contributed by atoms with van der Waals surface area (Å²) in [4.78, 5) is 35.8. The van der Waals surface area contributed by atoms with E-state index < -0.39 is 23.8 Å². The molecule has 0 aliphatic heterocycles. The minimum Gasteiger partial charge on any atom is -0.460 e. The summed E-state index contributed by atoms with van der Waals surface area (Å²) in [5.74, 6) is -0.387. The maximum absolute atomic E-state index is 12.3. The van der Waals surface area contributed by atoms with Gasteiger partial charge in [0.1, 0.15) is 24.9 Å². The van der Waals surface area contributed by atoms with Crippen LogP contribution in [0.1, 0.15) is 45.6 Å². The highest BCUT2D eigenvalue weighted by Gasteiger charge is 2.19. The van der Waals surface area contributed by atoms with Crippen LogP contribution in [0, 0.1) is 0 Å². The number of esters is 1. The van der Waals surface area contributed by atoms with Crippen LogP contribution in [0.5, 0.6) is 0 Å². The normalized spacial score (nSPS) is 11.7. The van der Waals surface area contributed by atoms with Crippen LogP contribution >= 0.6 is 0 Å². The van der Waals surface area contributed by atoms with E-state index in [1.807, 2.05) is 30.3 Å². The van der Waals surface area contributed by atoms with Crippen molar-refractivity contribution in [2.24, 2.45) is 0 Å². The van der Waals surface area contributed by atoms with E-state index in [9.17, 15) is 14.4 Å². The van der Waals surface area contributed by atoms with E-state index >= 15 is 0 Å². The lowest BCUT2D eigenvalue weighted by Gasteiger charge is -2.20. The Balaban J connectivity index is 2.28. The Labute approximate surface area is 196 Å².